The molecule has 1 aliphatic heterocycles. The molecule has 1 unspecified atom stereocenters. The fourth-order valence-corrected chi connectivity index (χ4v) is 1.85. The van der Waals surface area contributed by atoms with Crippen molar-refractivity contribution >= 4 is 21.8 Å². The molecule has 5 heteroatoms. The van der Waals surface area contributed by atoms with Crippen molar-refractivity contribution in [3.63, 3.8) is 0 Å². The standard InChI is InChI=1S/C10H12BrNO3/c11-9-3-8(6-15-9)10(13)12-4-7-1-2-14-5-7/h3,6-7H,1-2,4-5H2,(H,12,13). The molecule has 1 fully saturated rings. The molecule has 0 aliphatic carbocycles. The maximum absolute atomic E-state index is 11.6. The van der Waals surface area contributed by atoms with Crippen molar-refractivity contribution in [3.8, 4) is 0 Å². The molecule has 0 radical (unpaired) electrons. The van der Waals surface area contributed by atoms with Crippen molar-refractivity contribution in [2.45, 2.75) is 6.42 Å². The molecule has 0 spiro atoms. The topological polar surface area (TPSA) is 51.5 Å². The second kappa shape index (κ2) is 4.81. The lowest BCUT2D eigenvalue weighted by Crippen LogP contribution is -2.29. The first-order valence-electron chi connectivity index (χ1n) is 4.85. The summed E-state index contributed by atoms with van der Waals surface area (Å²) in [4.78, 5) is 11.6. The SMILES string of the molecule is O=C(NCC1CCOC1)c1coc(Br)c1. The molecule has 1 amide bonds. The summed E-state index contributed by atoms with van der Waals surface area (Å²) >= 11 is 3.15. The van der Waals surface area contributed by atoms with Gasteiger partial charge in [-0.25, -0.2) is 0 Å². The molecule has 1 aliphatic rings. The Labute approximate surface area is 96.1 Å². The first-order valence-corrected chi connectivity index (χ1v) is 5.65. The van der Waals surface area contributed by atoms with Gasteiger partial charge < -0.3 is 14.5 Å². The van der Waals surface area contributed by atoms with Crippen molar-refractivity contribution in [1.29, 1.82) is 0 Å². The van der Waals surface area contributed by atoms with Crippen LogP contribution < -0.4 is 5.32 Å². The number of rotatable bonds is 3. The third-order valence-electron chi connectivity index (χ3n) is 2.40. The summed E-state index contributed by atoms with van der Waals surface area (Å²) < 4.78 is 10.8. The minimum absolute atomic E-state index is 0.101. The summed E-state index contributed by atoms with van der Waals surface area (Å²) in [5.41, 5.74) is 0.542. The van der Waals surface area contributed by atoms with E-state index in [-0.39, 0.29) is 5.91 Å². The first-order chi connectivity index (χ1) is 7.25. The van der Waals surface area contributed by atoms with Gasteiger partial charge in [-0.3, -0.25) is 4.79 Å². The largest absolute Gasteiger partial charge is 0.457 e. The summed E-state index contributed by atoms with van der Waals surface area (Å²) in [6, 6.07) is 1.65. The normalized spacial score (nSPS) is 20.5. The Morgan fingerprint density at radius 2 is 2.53 bits per heavy atom. The third kappa shape index (κ3) is 2.82. The maximum atomic E-state index is 11.6. The van der Waals surface area contributed by atoms with Crippen molar-refractivity contribution in [2.24, 2.45) is 5.92 Å². The summed E-state index contributed by atoms with van der Waals surface area (Å²) in [6.45, 7) is 2.22. The van der Waals surface area contributed by atoms with Gasteiger partial charge in [0, 0.05) is 25.1 Å². The zero-order valence-corrected chi connectivity index (χ0v) is 9.75. The predicted octanol–water partition coefficient (Wildman–Crippen LogP) is 1.81. The van der Waals surface area contributed by atoms with Crippen LogP contribution in [0.4, 0.5) is 0 Å². The van der Waals surface area contributed by atoms with Gasteiger partial charge in [0.1, 0.15) is 6.26 Å². The van der Waals surface area contributed by atoms with E-state index in [1.807, 2.05) is 0 Å². The number of carbonyl (C=O) groups excluding carboxylic acids is 1. The van der Waals surface area contributed by atoms with Crippen LogP contribution in [-0.2, 0) is 4.74 Å². The van der Waals surface area contributed by atoms with E-state index in [9.17, 15) is 4.79 Å². The first kappa shape index (κ1) is 10.7. The predicted molar refractivity (Wildman–Crippen MR) is 57.7 cm³/mol. The number of halogens is 1. The van der Waals surface area contributed by atoms with Crippen molar-refractivity contribution in [3.05, 3.63) is 22.6 Å². The number of ether oxygens (including phenoxy) is 1. The monoisotopic (exact) mass is 273 g/mol. The van der Waals surface area contributed by atoms with Crippen LogP contribution in [0.1, 0.15) is 16.8 Å². The lowest BCUT2D eigenvalue weighted by atomic mass is 10.1. The van der Waals surface area contributed by atoms with Crippen LogP contribution in [0.15, 0.2) is 21.4 Å². The summed E-state index contributed by atoms with van der Waals surface area (Å²) in [5.74, 6) is 0.348. The van der Waals surface area contributed by atoms with Crippen molar-refractivity contribution < 1.29 is 13.9 Å². The molecule has 1 aromatic rings. The van der Waals surface area contributed by atoms with Gasteiger partial charge in [-0.15, -0.1) is 0 Å². The molecular weight excluding hydrogens is 262 g/mol. The molecule has 2 heterocycles. The van der Waals surface area contributed by atoms with Gasteiger partial charge in [-0.05, 0) is 22.4 Å². The van der Waals surface area contributed by atoms with Crippen LogP contribution in [0.3, 0.4) is 0 Å². The molecule has 4 nitrogen and oxygen atoms in total. The Kier molecular flexibility index (Phi) is 3.43. The van der Waals surface area contributed by atoms with Gasteiger partial charge >= 0.3 is 0 Å². The smallest absolute Gasteiger partial charge is 0.254 e. The van der Waals surface area contributed by atoms with Gasteiger partial charge in [0.05, 0.1) is 12.2 Å². The zero-order chi connectivity index (χ0) is 10.7. The number of amides is 1. The van der Waals surface area contributed by atoms with E-state index in [1.165, 1.54) is 6.26 Å². The average molecular weight is 274 g/mol. The van der Waals surface area contributed by atoms with E-state index in [4.69, 9.17) is 9.15 Å². The van der Waals surface area contributed by atoms with Gasteiger partial charge in [-0.2, -0.15) is 0 Å². The lowest BCUT2D eigenvalue weighted by Gasteiger charge is -2.07. The van der Waals surface area contributed by atoms with Gasteiger partial charge in [0.2, 0.25) is 0 Å². The number of hydrogen-bond acceptors (Lipinski definition) is 3. The van der Waals surface area contributed by atoms with E-state index in [0.29, 0.717) is 22.7 Å². The molecule has 0 saturated carbocycles. The van der Waals surface area contributed by atoms with Crippen LogP contribution in [0, 0.1) is 5.92 Å². The highest BCUT2D eigenvalue weighted by atomic mass is 79.9. The van der Waals surface area contributed by atoms with Crippen LogP contribution in [0.25, 0.3) is 0 Å². The summed E-state index contributed by atoms with van der Waals surface area (Å²) in [6.07, 6.45) is 2.46. The van der Waals surface area contributed by atoms with E-state index in [2.05, 4.69) is 21.2 Å². The molecule has 0 aromatic carbocycles. The van der Waals surface area contributed by atoms with Gasteiger partial charge in [0.25, 0.3) is 5.91 Å². The van der Waals surface area contributed by atoms with E-state index in [0.717, 1.165) is 19.6 Å². The summed E-state index contributed by atoms with van der Waals surface area (Å²) in [5, 5.41) is 2.85. The molecule has 1 saturated heterocycles. The highest BCUT2D eigenvalue weighted by Crippen LogP contribution is 2.14. The van der Waals surface area contributed by atoms with Crippen LogP contribution in [0.2, 0.25) is 0 Å². The molecule has 1 N–H and O–H groups in total. The molecule has 1 aromatic heterocycles. The average Bonchev–Trinajstić information content (AvgIpc) is 2.84. The number of nitrogens with one attached hydrogen (secondary N) is 1. The Hall–Kier alpha value is -0.810. The van der Waals surface area contributed by atoms with Crippen molar-refractivity contribution in [1.82, 2.24) is 5.32 Å². The fourth-order valence-electron chi connectivity index (χ4n) is 1.51. The van der Waals surface area contributed by atoms with E-state index < -0.39 is 0 Å². The van der Waals surface area contributed by atoms with E-state index in [1.54, 1.807) is 6.07 Å². The molecule has 82 valence electrons. The van der Waals surface area contributed by atoms with Crippen LogP contribution >= 0.6 is 15.9 Å². The second-order valence-corrected chi connectivity index (χ2v) is 4.36. The molecule has 1 atom stereocenters. The minimum Gasteiger partial charge on any atom is -0.457 e. The Bertz CT molecular complexity index is 344. The number of furan rings is 1. The number of hydrogen-bond donors (Lipinski definition) is 1. The van der Waals surface area contributed by atoms with Gasteiger partial charge in [0.15, 0.2) is 4.67 Å². The number of carbonyl (C=O) groups is 1. The van der Waals surface area contributed by atoms with Crippen molar-refractivity contribution in [2.75, 3.05) is 19.8 Å². The molecule has 0 bridgehead atoms. The van der Waals surface area contributed by atoms with E-state index >= 15 is 0 Å². The second-order valence-electron chi connectivity index (χ2n) is 3.58. The zero-order valence-electron chi connectivity index (χ0n) is 8.16. The maximum Gasteiger partial charge on any atom is 0.254 e. The molecule has 2 rings (SSSR count). The quantitative estimate of drug-likeness (QED) is 0.914. The van der Waals surface area contributed by atoms with Crippen LogP contribution in [0.5, 0.6) is 0 Å². The minimum atomic E-state index is -0.101. The van der Waals surface area contributed by atoms with Gasteiger partial charge in [-0.1, -0.05) is 0 Å². The Balaban J connectivity index is 1.81. The Morgan fingerprint density at radius 1 is 1.67 bits per heavy atom. The van der Waals surface area contributed by atoms with Crippen LogP contribution in [-0.4, -0.2) is 25.7 Å². The Morgan fingerprint density at radius 3 is 3.13 bits per heavy atom. The highest BCUT2D eigenvalue weighted by Gasteiger charge is 2.17. The summed E-state index contributed by atoms with van der Waals surface area (Å²) in [7, 11) is 0. The lowest BCUT2D eigenvalue weighted by molar-refractivity contribution is 0.0944. The molecular formula is C10H12BrNO3. The fraction of sp³-hybridized carbons (Fsp3) is 0.500. The third-order valence-corrected chi connectivity index (χ3v) is 2.82. The molecule has 15 heavy (non-hydrogen) atoms. The highest BCUT2D eigenvalue weighted by molar-refractivity contribution is 9.10.